The van der Waals surface area contributed by atoms with Gasteiger partial charge in [0.15, 0.2) is 5.78 Å². The van der Waals surface area contributed by atoms with E-state index in [9.17, 15) is 4.79 Å². The smallest absolute Gasteiger partial charge is 0.186 e. The minimum absolute atomic E-state index is 0.0731. The summed E-state index contributed by atoms with van der Waals surface area (Å²) in [5.41, 5.74) is 2.89. The maximum Gasteiger partial charge on any atom is 0.186 e. The molecule has 2 fully saturated rings. The Morgan fingerprint density at radius 1 is 1.35 bits per heavy atom. The summed E-state index contributed by atoms with van der Waals surface area (Å²) in [5, 5.41) is 12.5. The highest BCUT2D eigenvalue weighted by Crippen LogP contribution is 2.59. The second-order valence-electron chi connectivity index (χ2n) is 7.52. The molecule has 0 saturated heterocycles. The van der Waals surface area contributed by atoms with Crippen LogP contribution in [0, 0.1) is 17.3 Å². The Labute approximate surface area is 136 Å². The van der Waals surface area contributed by atoms with Gasteiger partial charge in [-0.25, -0.2) is 0 Å². The first-order valence-electron chi connectivity index (χ1n) is 8.51. The molecule has 0 unspecified atom stereocenters. The number of methoxy groups -OCH3 is 1. The van der Waals surface area contributed by atoms with Gasteiger partial charge in [-0.15, -0.1) is 0 Å². The highest BCUT2D eigenvalue weighted by atomic mass is 16.5. The van der Waals surface area contributed by atoms with Crippen LogP contribution in [0.2, 0.25) is 0 Å². The summed E-state index contributed by atoms with van der Waals surface area (Å²) in [6.07, 6.45) is 4.72. The first kappa shape index (κ1) is 14.7. The maximum atomic E-state index is 12.6. The summed E-state index contributed by atoms with van der Waals surface area (Å²) in [5.74, 6) is 2.35. The standard InChI is InChI=1S/C19H23NO3/c1-19-8-7-14-13-6-4-12(23-2)9-11(13)3-5-15(14)16(19)10-17(20-22)18(19)21/h4,6,9,14-16,22H,3,5,7-8,10H2,1-2H3/b20-17-/t14-,15-,16+,19+/m1/s1. The molecule has 0 aromatic heterocycles. The third kappa shape index (κ3) is 1.97. The molecule has 1 aromatic rings. The largest absolute Gasteiger partial charge is 0.497 e. The molecule has 4 heteroatoms. The zero-order valence-corrected chi connectivity index (χ0v) is 13.7. The molecular weight excluding hydrogens is 290 g/mol. The summed E-state index contributed by atoms with van der Waals surface area (Å²) in [7, 11) is 1.71. The van der Waals surface area contributed by atoms with E-state index >= 15 is 0 Å². The fourth-order valence-electron chi connectivity index (χ4n) is 5.38. The number of fused-ring (bicyclic) bond motifs is 5. The number of nitrogens with zero attached hydrogens (tertiary/aromatic N) is 1. The zero-order chi connectivity index (χ0) is 16.2. The summed E-state index contributed by atoms with van der Waals surface area (Å²) >= 11 is 0. The van der Waals surface area contributed by atoms with Gasteiger partial charge >= 0.3 is 0 Å². The van der Waals surface area contributed by atoms with Crippen LogP contribution >= 0.6 is 0 Å². The molecule has 4 atom stereocenters. The third-order valence-electron chi connectivity index (χ3n) is 6.64. The van der Waals surface area contributed by atoms with Crippen LogP contribution in [0.25, 0.3) is 0 Å². The number of oxime groups is 1. The zero-order valence-electron chi connectivity index (χ0n) is 13.7. The number of carbonyl (C=O) groups is 1. The molecular formula is C19H23NO3. The van der Waals surface area contributed by atoms with Gasteiger partial charge in [-0.1, -0.05) is 18.1 Å². The average molecular weight is 313 g/mol. The van der Waals surface area contributed by atoms with Gasteiger partial charge in [0.05, 0.1) is 7.11 Å². The lowest BCUT2D eigenvalue weighted by atomic mass is 9.55. The van der Waals surface area contributed by atoms with E-state index < -0.39 is 0 Å². The Balaban J connectivity index is 1.71. The number of Topliss-reactive ketones (excluding diaryl/α,β-unsaturated/α-hetero) is 1. The van der Waals surface area contributed by atoms with E-state index in [-0.39, 0.29) is 11.2 Å². The van der Waals surface area contributed by atoms with Crippen LogP contribution in [0.1, 0.15) is 49.7 Å². The van der Waals surface area contributed by atoms with Crippen LogP contribution in [0.15, 0.2) is 23.4 Å². The monoisotopic (exact) mass is 313 g/mol. The van der Waals surface area contributed by atoms with Crippen LogP contribution < -0.4 is 4.74 Å². The first-order valence-corrected chi connectivity index (χ1v) is 8.51. The Morgan fingerprint density at radius 2 is 2.17 bits per heavy atom. The van der Waals surface area contributed by atoms with E-state index in [0.29, 0.717) is 29.9 Å². The van der Waals surface area contributed by atoms with Crippen molar-refractivity contribution in [1.82, 2.24) is 0 Å². The van der Waals surface area contributed by atoms with Crippen LogP contribution in [-0.2, 0) is 11.2 Å². The molecule has 0 heterocycles. The van der Waals surface area contributed by atoms with E-state index in [2.05, 4.69) is 30.3 Å². The number of ether oxygens (including phenoxy) is 1. The number of hydrogen-bond donors (Lipinski definition) is 1. The Kier molecular flexibility index (Phi) is 3.26. The van der Waals surface area contributed by atoms with Crippen molar-refractivity contribution in [2.75, 3.05) is 7.11 Å². The number of rotatable bonds is 1. The molecule has 0 spiro atoms. The van der Waals surface area contributed by atoms with Crippen molar-refractivity contribution in [2.24, 2.45) is 22.4 Å². The SMILES string of the molecule is COc1ccc2c(c1)CC[C@@H]1[C@@H]2CC[C@]2(C)C(=O)/C(=N\O)C[C@@H]12. The number of benzene rings is 1. The highest BCUT2D eigenvalue weighted by Gasteiger charge is 2.57. The molecule has 122 valence electrons. The van der Waals surface area contributed by atoms with Gasteiger partial charge in [-0.05, 0) is 66.7 Å². The molecule has 4 nitrogen and oxygen atoms in total. The second-order valence-corrected chi connectivity index (χ2v) is 7.52. The molecule has 0 radical (unpaired) electrons. The van der Waals surface area contributed by atoms with E-state index in [1.807, 2.05) is 0 Å². The maximum absolute atomic E-state index is 12.6. The van der Waals surface area contributed by atoms with Crippen molar-refractivity contribution in [3.63, 3.8) is 0 Å². The van der Waals surface area contributed by atoms with E-state index in [4.69, 9.17) is 9.94 Å². The van der Waals surface area contributed by atoms with Crippen molar-refractivity contribution in [3.8, 4) is 5.75 Å². The molecule has 23 heavy (non-hydrogen) atoms. The normalized spacial score (nSPS) is 37.2. The molecule has 2 saturated carbocycles. The number of ketones is 1. The van der Waals surface area contributed by atoms with Gasteiger partial charge < -0.3 is 9.94 Å². The molecule has 1 aromatic carbocycles. The second kappa shape index (κ2) is 5.08. The predicted molar refractivity (Wildman–Crippen MR) is 87.2 cm³/mol. The lowest BCUT2D eigenvalue weighted by Crippen LogP contribution is -2.42. The molecule has 0 amide bonds. The number of aryl methyl sites for hydroxylation is 1. The quantitative estimate of drug-likeness (QED) is 0.637. The topological polar surface area (TPSA) is 58.9 Å². The van der Waals surface area contributed by atoms with Crippen molar-refractivity contribution < 1.29 is 14.7 Å². The summed E-state index contributed by atoms with van der Waals surface area (Å²) in [6.45, 7) is 2.08. The summed E-state index contributed by atoms with van der Waals surface area (Å²) < 4.78 is 5.36. The van der Waals surface area contributed by atoms with Gasteiger partial charge in [-0.2, -0.15) is 0 Å². The number of hydrogen-bond acceptors (Lipinski definition) is 4. The Morgan fingerprint density at radius 3 is 2.91 bits per heavy atom. The van der Waals surface area contributed by atoms with Crippen LogP contribution in [-0.4, -0.2) is 23.8 Å². The predicted octanol–water partition coefficient (Wildman–Crippen LogP) is 3.56. The first-order chi connectivity index (χ1) is 11.1. The lowest BCUT2D eigenvalue weighted by molar-refractivity contribution is -0.125. The van der Waals surface area contributed by atoms with Gasteiger partial charge in [0.25, 0.3) is 0 Å². The van der Waals surface area contributed by atoms with Crippen LogP contribution in [0.3, 0.4) is 0 Å². The summed E-state index contributed by atoms with van der Waals surface area (Å²) in [6, 6.07) is 6.43. The van der Waals surface area contributed by atoms with Crippen molar-refractivity contribution in [2.45, 2.75) is 44.9 Å². The molecule has 3 aliphatic carbocycles. The summed E-state index contributed by atoms with van der Waals surface area (Å²) in [4.78, 5) is 12.6. The van der Waals surface area contributed by atoms with E-state index in [0.717, 1.165) is 31.4 Å². The average Bonchev–Trinajstić information content (AvgIpc) is 2.85. The van der Waals surface area contributed by atoms with Crippen molar-refractivity contribution >= 4 is 11.5 Å². The van der Waals surface area contributed by atoms with Gasteiger partial charge in [0, 0.05) is 11.8 Å². The highest BCUT2D eigenvalue weighted by molar-refractivity contribution is 6.43. The fraction of sp³-hybridized carbons (Fsp3) is 0.579. The molecule has 4 rings (SSSR count). The van der Waals surface area contributed by atoms with Crippen LogP contribution in [0.5, 0.6) is 5.75 Å². The van der Waals surface area contributed by atoms with Gasteiger partial charge in [0.2, 0.25) is 0 Å². The van der Waals surface area contributed by atoms with Gasteiger partial charge in [-0.3, -0.25) is 4.79 Å². The Bertz CT molecular complexity index is 696. The molecule has 1 N–H and O–H groups in total. The minimum Gasteiger partial charge on any atom is -0.497 e. The Hall–Kier alpha value is -1.84. The molecule has 0 bridgehead atoms. The lowest BCUT2D eigenvalue weighted by Gasteiger charge is -2.47. The third-order valence-corrected chi connectivity index (χ3v) is 6.64. The minimum atomic E-state index is -0.327. The molecule has 3 aliphatic rings. The molecule has 0 aliphatic heterocycles. The van der Waals surface area contributed by atoms with E-state index in [1.165, 1.54) is 11.1 Å². The van der Waals surface area contributed by atoms with Crippen LogP contribution in [0.4, 0.5) is 0 Å². The van der Waals surface area contributed by atoms with Gasteiger partial charge in [0.1, 0.15) is 11.5 Å². The van der Waals surface area contributed by atoms with E-state index in [1.54, 1.807) is 7.11 Å². The van der Waals surface area contributed by atoms with Crippen molar-refractivity contribution in [3.05, 3.63) is 29.3 Å². The number of carbonyl (C=O) groups excluding carboxylic acids is 1. The fourth-order valence-corrected chi connectivity index (χ4v) is 5.38. The van der Waals surface area contributed by atoms with Crippen molar-refractivity contribution in [1.29, 1.82) is 0 Å².